The second-order valence-electron chi connectivity index (χ2n) is 9.68. The maximum atomic E-state index is 13.2. The van der Waals surface area contributed by atoms with Crippen LogP contribution in [0.2, 0.25) is 0 Å². The van der Waals surface area contributed by atoms with Crippen LogP contribution in [-0.4, -0.2) is 45.9 Å². The van der Waals surface area contributed by atoms with Crippen LogP contribution in [0.3, 0.4) is 0 Å². The van der Waals surface area contributed by atoms with E-state index in [2.05, 4.69) is 31.3 Å². The van der Waals surface area contributed by atoms with Gasteiger partial charge in [0.05, 0.1) is 17.8 Å². The predicted molar refractivity (Wildman–Crippen MR) is 147 cm³/mol. The number of nitrogens with one attached hydrogen (secondary N) is 3. The molecule has 0 saturated heterocycles. The van der Waals surface area contributed by atoms with E-state index in [1.807, 2.05) is 63.2 Å². The number of carbonyl (C=O) groups excluding carboxylic acids is 1. The molecule has 0 aliphatic heterocycles. The van der Waals surface area contributed by atoms with Crippen molar-refractivity contribution in [2.24, 2.45) is 5.92 Å². The molecule has 204 valence electrons. The highest BCUT2D eigenvalue weighted by Gasteiger charge is 2.29. The molecule has 3 N–H and O–H groups in total. The average molecular weight is 538 g/mol. The number of nitrogens with zero attached hydrogens (tertiary/aromatic N) is 4. The molecule has 39 heavy (non-hydrogen) atoms. The van der Waals surface area contributed by atoms with Crippen LogP contribution in [0.4, 0.5) is 35.0 Å². The van der Waals surface area contributed by atoms with Crippen LogP contribution in [0, 0.1) is 12.8 Å². The van der Waals surface area contributed by atoms with Crippen LogP contribution in [-0.2, 0) is 0 Å². The SMILES string of the molecule is Cc1ccc(NC(=O)Nc2cc(-c3ccccc3-c3nnn[nH]3)ccc2N(CCC(F)(F)F)CC(C)C)cc1. The van der Waals surface area contributed by atoms with Gasteiger partial charge in [-0.3, -0.25) is 0 Å². The number of alkyl halides is 3. The van der Waals surface area contributed by atoms with E-state index < -0.39 is 18.6 Å². The van der Waals surface area contributed by atoms with Gasteiger partial charge >= 0.3 is 12.2 Å². The number of hydrogen-bond donors (Lipinski definition) is 3. The Labute approximate surface area is 224 Å². The Hall–Kier alpha value is -4.41. The van der Waals surface area contributed by atoms with Crippen molar-refractivity contribution in [2.75, 3.05) is 28.6 Å². The number of halogens is 3. The zero-order valence-corrected chi connectivity index (χ0v) is 21.9. The number of urea groups is 1. The average Bonchev–Trinajstić information content (AvgIpc) is 3.42. The largest absolute Gasteiger partial charge is 0.390 e. The smallest absolute Gasteiger partial charge is 0.369 e. The van der Waals surface area contributed by atoms with E-state index in [0.29, 0.717) is 29.4 Å². The number of aryl methyl sites for hydroxylation is 1. The highest BCUT2D eigenvalue weighted by atomic mass is 19.4. The highest BCUT2D eigenvalue weighted by molar-refractivity contribution is 6.02. The minimum Gasteiger partial charge on any atom is -0.369 e. The molecule has 4 aromatic rings. The lowest BCUT2D eigenvalue weighted by molar-refractivity contribution is -0.132. The first-order valence-electron chi connectivity index (χ1n) is 12.5. The Balaban J connectivity index is 1.74. The van der Waals surface area contributed by atoms with Gasteiger partial charge in [0.2, 0.25) is 0 Å². The number of benzene rings is 3. The van der Waals surface area contributed by atoms with Gasteiger partial charge in [0.15, 0.2) is 5.82 Å². The van der Waals surface area contributed by atoms with Gasteiger partial charge in [-0.25, -0.2) is 9.89 Å². The molecule has 2 amide bonds. The molecule has 0 bridgehead atoms. The standard InChI is InChI=1S/C28H30F3N7O/c1-18(2)17-38(15-14-28(29,30)31)25-13-10-20(22-6-4-5-7-23(22)26-34-36-37-35-26)16-24(25)33-27(39)32-21-11-8-19(3)9-12-21/h4-13,16,18H,14-15,17H2,1-3H3,(H2,32,33,39)(H,34,35,36,37). The second kappa shape index (κ2) is 12.0. The Kier molecular flexibility index (Phi) is 8.48. The molecule has 0 saturated carbocycles. The predicted octanol–water partition coefficient (Wildman–Crippen LogP) is 6.90. The van der Waals surface area contributed by atoms with Crippen molar-refractivity contribution in [3.63, 3.8) is 0 Å². The van der Waals surface area contributed by atoms with Crippen LogP contribution >= 0.6 is 0 Å². The molecule has 4 rings (SSSR count). The zero-order chi connectivity index (χ0) is 28.0. The maximum Gasteiger partial charge on any atom is 0.390 e. The van der Waals surface area contributed by atoms with Gasteiger partial charge in [0.25, 0.3) is 0 Å². The molecular weight excluding hydrogens is 507 g/mol. The molecule has 8 nitrogen and oxygen atoms in total. The normalized spacial score (nSPS) is 11.5. The molecule has 0 aliphatic rings. The van der Waals surface area contributed by atoms with Gasteiger partial charge in [0.1, 0.15) is 0 Å². The lowest BCUT2D eigenvalue weighted by Gasteiger charge is -2.30. The molecule has 1 aromatic heterocycles. The number of amides is 2. The minimum atomic E-state index is -4.31. The molecule has 0 spiro atoms. The van der Waals surface area contributed by atoms with Gasteiger partial charge in [-0.1, -0.05) is 61.9 Å². The highest BCUT2D eigenvalue weighted by Crippen LogP contribution is 2.36. The van der Waals surface area contributed by atoms with E-state index in [-0.39, 0.29) is 12.5 Å². The Morgan fingerprint density at radius 1 is 1.00 bits per heavy atom. The van der Waals surface area contributed by atoms with Crippen molar-refractivity contribution >= 4 is 23.1 Å². The fourth-order valence-corrected chi connectivity index (χ4v) is 4.23. The number of anilines is 3. The van der Waals surface area contributed by atoms with Crippen molar-refractivity contribution in [2.45, 2.75) is 33.4 Å². The first-order valence-corrected chi connectivity index (χ1v) is 12.5. The molecule has 0 radical (unpaired) electrons. The van der Waals surface area contributed by atoms with Crippen molar-refractivity contribution in [1.82, 2.24) is 20.6 Å². The third-order valence-corrected chi connectivity index (χ3v) is 5.98. The number of hydrogen-bond acceptors (Lipinski definition) is 5. The summed E-state index contributed by atoms with van der Waals surface area (Å²) in [6.07, 6.45) is -5.28. The molecule has 3 aromatic carbocycles. The van der Waals surface area contributed by atoms with Gasteiger partial charge in [-0.05, 0) is 58.7 Å². The summed E-state index contributed by atoms with van der Waals surface area (Å²) in [6.45, 7) is 5.96. The van der Waals surface area contributed by atoms with E-state index in [9.17, 15) is 18.0 Å². The van der Waals surface area contributed by atoms with Gasteiger partial charge < -0.3 is 15.5 Å². The van der Waals surface area contributed by atoms with Gasteiger partial charge in [0, 0.05) is 24.3 Å². The quantitative estimate of drug-likeness (QED) is 0.216. The summed E-state index contributed by atoms with van der Waals surface area (Å²) in [6, 6.07) is 19.6. The second-order valence-corrected chi connectivity index (χ2v) is 9.68. The Morgan fingerprint density at radius 2 is 1.72 bits per heavy atom. The number of carbonyl (C=O) groups is 1. The topological polar surface area (TPSA) is 98.8 Å². The van der Waals surface area contributed by atoms with Crippen molar-refractivity contribution in [3.8, 4) is 22.5 Å². The summed E-state index contributed by atoms with van der Waals surface area (Å²) in [5.41, 5.74) is 4.77. The zero-order valence-electron chi connectivity index (χ0n) is 21.9. The van der Waals surface area contributed by atoms with E-state index in [4.69, 9.17) is 0 Å². The van der Waals surface area contributed by atoms with E-state index >= 15 is 0 Å². The lowest BCUT2D eigenvalue weighted by Crippen LogP contribution is -2.32. The first-order chi connectivity index (χ1) is 18.6. The third-order valence-electron chi connectivity index (χ3n) is 5.98. The summed E-state index contributed by atoms with van der Waals surface area (Å²) in [4.78, 5) is 14.7. The van der Waals surface area contributed by atoms with E-state index in [0.717, 1.165) is 22.3 Å². The maximum absolute atomic E-state index is 13.2. The van der Waals surface area contributed by atoms with Crippen LogP contribution in [0.1, 0.15) is 25.8 Å². The van der Waals surface area contributed by atoms with E-state index in [1.54, 1.807) is 29.2 Å². The summed E-state index contributed by atoms with van der Waals surface area (Å²) in [5, 5.41) is 19.7. The fourth-order valence-electron chi connectivity index (χ4n) is 4.23. The fraction of sp³-hybridized carbons (Fsp3) is 0.286. The van der Waals surface area contributed by atoms with Crippen LogP contribution in [0.15, 0.2) is 66.7 Å². The molecular formula is C28H30F3N7O. The van der Waals surface area contributed by atoms with Gasteiger partial charge in [-0.2, -0.15) is 13.2 Å². The third kappa shape index (κ3) is 7.56. The number of aromatic nitrogens is 4. The number of aromatic amines is 1. The van der Waals surface area contributed by atoms with Crippen molar-refractivity contribution < 1.29 is 18.0 Å². The lowest BCUT2D eigenvalue weighted by atomic mass is 9.98. The number of rotatable bonds is 9. The first kappa shape index (κ1) is 27.6. The van der Waals surface area contributed by atoms with Crippen LogP contribution < -0.4 is 15.5 Å². The van der Waals surface area contributed by atoms with Crippen LogP contribution in [0.5, 0.6) is 0 Å². The molecule has 0 atom stereocenters. The van der Waals surface area contributed by atoms with Crippen molar-refractivity contribution in [1.29, 1.82) is 0 Å². The Bertz CT molecular complexity index is 1390. The summed E-state index contributed by atoms with van der Waals surface area (Å²) in [5.74, 6) is 0.555. The van der Waals surface area contributed by atoms with Crippen molar-refractivity contribution in [3.05, 3.63) is 72.3 Å². The number of tetrazole rings is 1. The van der Waals surface area contributed by atoms with Crippen LogP contribution in [0.25, 0.3) is 22.5 Å². The number of H-pyrrole nitrogens is 1. The minimum absolute atomic E-state index is 0.0897. The molecule has 1 heterocycles. The molecule has 0 fully saturated rings. The summed E-state index contributed by atoms with van der Waals surface area (Å²) in [7, 11) is 0. The Morgan fingerprint density at radius 3 is 2.36 bits per heavy atom. The monoisotopic (exact) mass is 537 g/mol. The van der Waals surface area contributed by atoms with Gasteiger partial charge in [-0.15, -0.1) is 5.10 Å². The molecule has 0 unspecified atom stereocenters. The summed E-state index contributed by atoms with van der Waals surface area (Å²) < 4.78 is 39.6. The summed E-state index contributed by atoms with van der Waals surface area (Å²) >= 11 is 0. The molecule has 0 aliphatic carbocycles. The molecule has 11 heteroatoms. The van der Waals surface area contributed by atoms with E-state index in [1.165, 1.54) is 0 Å².